The van der Waals surface area contributed by atoms with Gasteiger partial charge >= 0.3 is 0 Å². The molecule has 0 aliphatic heterocycles. The number of nitrogens with one attached hydrogen (secondary N) is 1. The van der Waals surface area contributed by atoms with Crippen LogP contribution in [0.4, 0.5) is 5.69 Å². The maximum absolute atomic E-state index is 5.82. The molecule has 0 radical (unpaired) electrons. The van der Waals surface area contributed by atoms with Gasteiger partial charge in [0.25, 0.3) is 0 Å². The summed E-state index contributed by atoms with van der Waals surface area (Å²) in [7, 11) is 1.71. The third kappa shape index (κ3) is 6.15. The van der Waals surface area contributed by atoms with E-state index in [4.69, 9.17) is 14.2 Å². The maximum Gasteiger partial charge on any atom is 0.163 e. The summed E-state index contributed by atoms with van der Waals surface area (Å²) < 4.78 is 16.6. The number of benzene rings is 1. The molecule has 0 amide bonds. The lowest BCUT2D eigenvalue weighted by Gasteiger charge is -2.18. The minimum absolute atomic E-state index is 0.119. The fourth-order valence-electron chi connectivity index (χ4n) is 1.76. The zero-order chi connectivity index (χ0) is 15.0. The molecule has 0 fully saturated rings. The monoisotopic (exact) mass is 281 g/mol. The van der Waals surface area contributed by atoms with Crippen LogP contribution in [0, 0.1) is 0 Å². The van der Waals surface area contributed by atoms with E-state index in [2.05, 4.69) is 5.32 Å². The lowest BCUT2D eigenvalue weighted by atomic mass is 10.2. The molecule has 0 heterocycles. The van der Waals surface area contributed by atoms with E-state index in [0.717, 1.165) is 36.8 Å². The molecule has 4 heteroatoms. The first-order valence-corrected chi connectivity index (χ1v) is 7.23. The van der Waals surface area contributed by atoms with Gasteiger partial charge in [0, 0.05) is 32.0 Å². The minimum atomic E-state index is 0.119. The topological polar surface area (TPSA) is 39.7 Å². The summed E-state index contributed by atoms with van der Waals surface area (Å²) in [6.45, 7) is 9.68. The average molecular weight is 281 g/mol. The highest BCUT2D eigenvalue weighted by Crippen LogP contribution is 2.32. The summed E-state index contributed by atoms with van der Waals surface area (Å²) in [4.78, 5) is 0. The molecule has 0 saturated carbocycles. The summed E-state index contributed by atoms with van der Waals surface area (Å²) in [6, 6.07) is 5.96. The van der Waals surface area contributed by atoms with E-state index in [0.29, 0.717) is 0 Å². The van der Waals surface area contributed by atoms with Gasteiger partial charge in [0.05, 0.1) is 12.2 Å². The van der Waals surface area contributed by atoms with Crippen molar-refractivity contribution in [3.63, 3.8) is 0 Å². The van der Waals surface area contributed by atoms with Gasteiger partial charge in [-0.15, -0.1) is 0 Å². The van der Waals surface area contributed by atoms with Crippen molar-refractivity contribution in [2.75, 3.05) is 25.6 Å². The number of anilines is 1. The predicted molar refractivity (Wildman–Crippen MR) is 83.0 cm³/mol. The van der Waals surface area contributed by atoms with Gasteiger partial charge in [-0.1, -0.05) is 0 Å². The molecule has 0 bridgehead atoms. The quantitative estimate of drug-likeness (QED) is 0.700. The Balaban J connectivity index is 2.73. The fraction of sp³-hybridized carbons (Fsp3) is 0.625. The van der Waals surface area contributed by atoms with Crippen molar-refractivity contribution in [2.24, 2.45) is 0 Å². The second-order valence-electron chi connectivity index (χ2n) is 5.27. The maximum atomic E-state index is 5.82. The van der Waals surface area contributed by atoms with E-state index < -0.39 is 0 Å². The van der Waals surface area contributed by atoms with Gasteiger partial charge < -0.3 is 19.5 Å². The third-order valence-corrected chi connectivity index (χ3v) is 2.52. The summed E-state index contributed by atoms with van der Waals surface area (Å²) in [6.07, 6.45) is 1.22. The van der Waals surface area contributed by atoms with E-state index in [1.165, 1.54) is 0 Å². The van der Waals surface area contributed by atoms with E-state index >= 15 is 0 Å². The van der Waals surface area contributed by atoms with Gasteiger partial charge in [-0.25, -0.2) is 0 Å². The number of ether oxygens (including phenoxy) is 3. The predicted octanol–water partition coefficient (Wildman–Crippen LogP) is 3.71. The molecule has 0 aromatic heterocycles. The Morgan fingerprint density at radius 1 is 1.00 bits per heavy atom. The van der Waals surface area contributed by atoms with Crippen LogP contribution < -0.4 is 14.8 Å². The van der Waals surface area contributed by atoms with Crippen molar-refractivity contribution in [1.29, 1.82) is 0 Å². The van der Waals surface area contributed by atoms with Crippen molar-refractivity contribution >= 4 is 5.69 Å². The van der Waals surface area contributed by atoms with Crippen LogP contribution in [0.15, 0.2) is 18.2 Å². The standard InChI is InChI=1S/C16H27NO3/c1-12(2)19-15-8-7-14(17-9-6-10-18-5)11-16(15)20-13(3)4/h7-8,11-13,17H,6,9-10H2,1-5H3. The molecular formula is C16H27NO3. The molecule has 0 spiro atoms. The molecule has 20 heavy (non-hydrogen) atoms. The summed E-state index contributed by atoms with van der Waals surface area (Å²) in [5, 5.41) is 3.36. The first-order chi connectivity index (χ1) is 9.52. The van der Waals surface area contributed by atoms with Crippen LogP contribution in [-0.2, 0) is 4.74 Å². The Bertz CT molecular complexity index is 391. The van der Waals surface area contributed by atoms with Gasteiger partial charge in [-0.05, 0) is 46.2 Å². The van der Waals surface area contributed by atoms with Gasteiger partial charge in [0.2, 0.25) is 0 Å². The lowest BCUT2D eigenvalue weighted by Crippen LogP contribution is -2.11. The van der Waals surface area contributed by atoms with Crippen LogP contribution >= 0.6 is 0 Å². The number of rotatable bonds is 9. The normalized spacial score (nSPS) is 10.9. The van der Waals surface area contributed by atoms with Gasteiger partial charge in [-0.2, -0.15) is 0 Å². The van der Waals surface area contributed by atoms with Gasteiger partial charge in [-0.3, -0.25) is 0 Å². The molecule has 0 aliphatic rings. The van der Waals surface area contributed by atoms with Crippen molar-refractivity contribution in [3.05, 3.63) is 18.2 Å². The van der Waals surface area contributed by atoms with Crippen LogP contribution in [0.2, 0.25) is 0 Å². The van der Waals surface area contributed by atoms with E-state index in [-0.39, 0.29) is 12.2 Å². The third-order valence-electron chi connectivity index (χ3n) is 2.52. The van der Waals surface area contributed by atoms with Crippen LogP contribution in [-0.4, -0.2) is 32.5 Å². The van der Waals surface area contributed by atoms with Crippen molar-refractivity contribution < 1.29 is 14.2 Å². The van der Waals surface area contributed by atoms with Crippen LogP contribution in [0.1, 0.15) is 34.1 Å². The molecule has 1 rings (SSSR count). The summed E-state index contributed by atoms with van der Waals surface area (Å²) >= 11 is 0. The molecule has 1 N–H and O–H groups in total. The van der Waals surface area contributed by atoms with Crippen molar-refractivity contribution in [1.82, 2.24) is 0 Å². The highest BCUT2D eigenvalue weighted by Gasteiger charge is 2.10. The molecule has 114 valence electrons. The average Bonchev–Trinajstić information content (AvgIpc) is 2.36. The van der Waals surface area contributed by atoms with Crippen LogP contribution in [0.5, 0.6) is 11.5 Å². The van der Waals surface area contributed by atoms with E-state index in [1.807, 2.05) is 45.9 Å². The first-order valence-electron chi connectivity index (χ1n) is 7.23. The smallest absolute Gasteiger partial charge is 0.163 e. The Morgan fingerprint density at radius 3 is 2.25 bits per heavy atom. The minimum Gasteiger partial charge on any atom is -0.487 e. The van der Waals surface area contributed by atoms with Gasteiger partial charge in [0.15, 0.2) is 11.5 Å². The van der Waals surface area contributed by atoms with Crippen LogP contribution in [0.3, 0.4) is 0 Å². The zero-order valence-electron chi connectivity index (χ0n) is 13.2. The summed E-state index contributed by atoms with van der Waals surface area (Å²) in [5.41, 5.74) is 1.04. The molecule has 0 aliphatic carbocycles. The van der Waals surface area contributed by atoms with E-state index in [1.54, 1.807) is 7.11 Å². The number of hydrogen-bond acceptors (Lipinski definition) is 4. The highest BCUT2D eigenvalue weighted by atomic mass is 16.5. The fourth-order valence-corrected chi connectivity index (χ4v) is 1.76. The Hall–Kier alpha value is -1.42. The molecule has 4 nitrogen and oxygen atoms in total. The molecule has 1 aromatic rings. The second kappa shape index (κ2) is 8.69. The molecular weight excluding hydrogens is 254 g/mol. The SMILES string of the molecule is COCCCNc1ccc(OC(C)C)c(OC(C)C)c1. The Kier molecular flexibility index (Phi) is 7.23. The first kappa shape index (κ1) is 16.6. The second-order valence-corrected chi connectivity index (χ2v) is 5.27. The van der Waals surface area contributed by atoms with Crippen molar-refractivity contribution in [2.45, 2.75) is 46.3 Å². The molecule has 1 aromatic carbocycles. The molecule has 0 atom stereocenters. The Labute approximate surface area is 122 Å². The Morgan fingerprint density at radius 2 is 1.65 bits per heavy atom. The van der Waals surface area contributed by atoms with E-state index in [9.17, 15) is 0 Å². The largest absolute Gasteiger partial charge is 0.487 e. The van der Waals surface area contributed by atoms with Gasteiger partial charge in [0.1, 0.15) is 0 Å². The van der Waals surface area contributed by atoms with Crippen molar-refractivity contribution in [3.8, 4) is 11.5 Å². The molecule has 0 saturated heterocycles. The lowest BCUT2D eigenvalue weighted by molar-refractivity contribution is 0.197. The van der Waals surface area contributed by atoms with Crippen LogP contribution in [0.25, 0.3) is 0 Å². The highest BCUT2D eigenvalue weighted by molar-refractivity contribution is 5.54. The molecule has 0 unspecified atom stereocenters. The summed E-state index contributed by atoms with van der Waals surface area (Å²) in [5.74, 6) is 1.57. The number of hydrogen-bond donors (Lipinski definition) is 1. The zero-order valence-corrected chi connectivity index (χ0v) is 13.2. The number of methoxy groups -OCH3 is 1.